The van der Waals surface area contributed by atoms with Crippen molar-refractivity contribution < 1.29 is 9.53 Å². The lowest BCUT2D eigenvalue weighted by Crippen LogP contribution is -2.41. The van der Waals surface area contributed by atoms with Crippen LogP contribution in [0, 0.1) is 13.8 Å². The van der Waals surface area contributed by atoms with Crippen LogP contribution >= 0.6 is 31.9 Å². The molecule has 6 heteroatoms. The molecule has 0 saturated carbocycles. The molecule has 1 aliphatic heterocycles. The highest BCUT2D eigenvalue weighted by Crippen LogP contribution is 2.48. The zero-order valence-corrected chi connectivity index (χ0v) is 26.0. The van der Waals surface area contributed by atoms with E-state index in [-0.39, 0.29) is 18.1 Å². The Bertz CT molecular complexity index is 1500. The second-order valence-electron chi connectivity index (χ2n) is 10.1. The fourth-order valence-corrected chi connectivity index (χ4v) is 5.77. The van der Waals surface area contributed by atoms with E-state index in [9.17, 15) is 4.79 Å². The average molecular weight is 660 g/mol. The maximum absolute atomic E-state index is 13.9. The molecule has 0 amide bonds. The monoisotopic (exact) mass is 658 g/mol. The second-order valence-corrected chi connectivity index (χ2v) is 11.9. The molecule has 4 aromatic carbocycles. The molecule has 1 heterocycles. The molecule has 40 heavy (non-hydrogen) atoms. The first-order valence-electron chi connectivity index (χ1n) is 13.4. The molecule has 2 unspecified atom stereocenters. The third-order valence-corrected chi connectivity index (χ3v) is 8.28. The van der Waals surface area contributed by atoms with E-state index in [1.807, 2.05) is 31.2 Å². The number of halogens is 2. The molecule has 5 rings (SSSR count). The first-order chi connectivity index (χ1) is 19.3. The van der Waals surface area contributed by atoms with Crippen molar-refractivity contribution in [3.05, 3.63) is 140 Å². The Balaban J connectivity index is 1.77. The minimum Gasteiger partial charge on any atom is -0.463 e. The minimum absolute atomic E-state index is 0.0378. The third kappa shape index (κ3) is 6.18. The van der Waals surface area contributed by atoms with E-state index >= 15 is 0 Å². The lowest BCUT2D eigenvalue weighted by Gasteiger charge is -2.46. The van der Waals surface area contributed by atoms with Crippen LogP contribution in [0.4, 0.5) is 11.4 Å². The van der Waals surface area contributed by atoms with Gasteiger partial charge in [-0.2, -0.15) is 0 Å². The summed E-state index contributed by atoms with van der Waals surface area (Å²) < 4.78 is 7.73. The zero-order chi connectivity index (χ0) is 28.2. The lowest BCUT2D eigenvalue weighted by molar-refractivity contribution is -0.139. The van der Waals surface area contributed by atoms with Gasteiger partial charge in [0.15, 0.2) is 0 Å². The van der Waals surface area contributed by atoms with Gasteiger partial charge < -0.3 is 15.0 Å². The molecular weight excluding hydrogens is 628 g/mol. The summed E-state index contributed by atoms with van der Waals surface area (Å²) in [7, 11) is 0. The Kier molecular flexibility index (Phi) is 8.77. The van der Waals surface area contributed by atoms with Gasteiger partial charge >= 0.3 is 5.97 Å². The van der Waals surface area contributed by atoms with Gasteiger partial charge in [-0.15, -0.1) is 0 Å². The van der Waals surface area contributed by atoms with Crippen molar-refractivity contribution in [1.29, 1.82) is 0 Å². The number of benzene rings is 4. The molecular formula is C34H32Br2N2O2. The highest BCUT2D eigenvalue weighted by atomic mass is 79.9. The van der Waals surface area contributed by atoms with E-state index in [1.165, 1.54) is 16.7 Å². The van der Waals surface area contributed by atoms with Crippen molar-refractivity contribution >= 4 is 49.2 Å². The van der Waals surface area contributed by atoms with Crippen molar-refractivity contribution in [1.82, 2.24) is 0 Å². The van der Waals surface area contributed by atoms with Gasteiger partial charge in [0.2, 0.25) is 0 Å². The number of anilines is 2. The van der Waals surface area contributed by atoms with Gasteiger partial charge in [0.25, 0.3) is 0 Å². The van der Waals surface area contributed by atoms with Gasteiger partial charge in [-0.1, -0.05) is 91.5 Å². The van der Waals surface area contributed by atoms with E-state index in [2.05, 4.69) is 129 Å². The van der Waals surface area contributed by atoms with Crippen LogP contribution in [0.15, 0.2) is 117 Å². The summed E-state index contributed by atoms with van der Waals surface area (Å²) >= 11 is 7.13. The lowest BCUT2D eigenvalue weighted by atomic mass is 9.83. The smallest absolute Gasteiger partial charge is 0.338 e. The largest absolute Gasteiger partial charge is 0.463 e. The van der Waals surface area contributed by atoms with Crippen LogP contribution in [-0.2, 0) is 9.53 Å². The highest BCUT2D eigenvalue weighted by Gasteiger charge is 2.41. The predicted molar refractivity (Wildman–Crippen MR) is 171 cm³/mol. The average Bonchev–Trinajstić information content (AvgIpc) is 2.95. The number of carbonyl (C=O) groups is 1. The summed E-state index contributed by atoms with van der Waals surface area (Å²) in [5.74, 6) is -0.308. The fourth-order valence-electron chi connectivity index (χ4n) is 5.24. The minimum atomic E-state index is -0.376. The number of nitrogens with zero attached hydrogens (tertiary/aromatic N) is 1. The molecule has 4 nitrogen and oxygen atoms in total. The van der Waals surface area contributed by atoms with Crippen LogP contribution in [0.3, 0.4) is 0 Å². The molecule has 0 fully saturated rings. The van der Waals surface area contributed by atoms with Crippen LogP contribution in [0.25, 0.3) is 0 Å². The van der Waals surface area contributed by atoms with Crippen LogP contribution in [0.1, 0.15) is 47.7 Å². The van der Waals surface area contributed by atoms with E-state index in [0.717, 1.165) is 31.6 Å². The number of esters is 1. The molecule has 204 valence electrons. The Labute approximate surface area is 253 Å². The summed E-state index contributed by atoms with van der Waals surface area (Å²) in [5.41, 5.74) is 8.03. The van der Waals surface area contributed by atoms with Gasteiger partial charge in [-0.05, 0) is 80.4 Å². The van der Waals surface area contributed by atoms with Gasteiger partial charge in [0, 0.05) is 32.4 Å². The van der Waals surface area contributed by atoms with E-state index < -0.39 is 0 Å². The summed E-state index contributed by atoms with van der Waals surface area (Å²) in [6, 6.07) is 33.1. The Hall–Kier alpha value is -3.35. The number of hydrogen-bond donors (Lipinski definition) is 1. The highest BCUT2D eigenvalue weighted by molar-refractivity contribution is 9.10. The summed E-state index contributed by atoms with van der Waals surface area (Å²) in [4.78, 5) is 16.2. The molecule has 0 aliphatic carbocycles. The van der Waals surface area contributed by atoms with E-state index in [1.54, 1.807) is 0 Å². The summed E-state index contributed by atoms with van der Waals surface area (Å²) in [6.07, 6.45) is 0.603. The molecule has 0 saturated heterocycles. The molecule has 4 aromatic rings. The third-order valence-electron chi connectivity index (χ3n) is 7.22. The number of nitrogens with one attached hydrogen (secondary N) is 1. The zero-order valence-electron chi connectivity index (χ0n) is 22.8. The van der Waals surface area contributed by atoms with Crippen molar-refractivity contribution in [3.8, 4) is 0 Å². The molecule has 2 atom stereocenters. The maximum Gasteiger partial charge on any atom is 0.338 e. The van der Waals surface area contributed by atoms with Crippen LogP contribution in [0.5, 0.6) is 0 Å². The van der Waals surface area contributed by atoms with Crippen molar-refractivity contribution in [2.45, 2.75) is 39.3 Å². The number of rotatable bonds is 7. The Morgan fingerprint density at radius 3 is 1.88 bits per heavy atom. The topological polar surface area (TPSA) is 41.6 Å². The molecule has 1 aliphatic rings. The summed E-state index contributed by atoms with van der Waals surface area (Å²) in [6.45, 7) is 6.33. The molecule has 0 bridgehead atoms. The Morgan fingerprint density at radius 1 is 0.800 bits per heavy atom. The normalized spacial score (nSPS) is 17.1. The van der Waals surface area contributed by atoms with Crippen LogP contribution < -0.4 is 10.2 Å². The van der Waals surface area contributed by atoms with Crippen molar-refractivity contribution in [2.24, 2.45) is 0 Å². The molecule has 0 aromatic heterocycles. The Morgan fingerprint density at radius 2 is 1.32 bits per heavy atom. The standard InChI is InChI=1S/C34H32Br2N2O2/c1-4-40-34(39)32-30(37-28-17-13-26(35)14-18-28)21-31(24-9-5-22(2)6-10-24)38(29-19-15-27(36)16-20-29)33(32)25-11-7-23(3)8-12-25/h5-20,31,33,37H,4,21H2,1-3H3. The predicted octanol–water partition coefficient (Wildman–Crippen LogP) is 9.45. The number of aryl methyl sites for hydroxylation is 2. The quantitative estimate of drug-likeness (QED) is 0.201. The van der Waals surface area contributed by atoms with Crippen molar-refractivity contribution in [3.63, 3.8) is 0 Å². The number of ether oxygens (including phenoxy) is 1. The van der Waals surface area contributed by atoms with E-state index in [4.69, 9.17) is 4.74 Å². The molecule has 0 radical (unpaired) electrons. The summed E-state index contributed by atoms with van der Waals surface area (Å²) in [5, 5.41) is 3.62. The second kappa shape index (κ2) is 12.4. The molecule has 0 spiro atoms. The first-order valence-corrected chi connectivity index (χ1v) is 15.0. The number of carbonyl (C=O) groups excluding carboxylic acids is 1. The van der Waals surface area contributed by atoms with Crippen LogP contribution in [-0.4, -0.2) is 12.6 Å². The van der Waals surface area contributed by atoms with Crippen LogP contribution in [0.2, 0.25) is 0 Å². The van der Waals surface area contributed by atoms with Crippen molar-refractivity contribution in [2.75, 3.05) is 16.8 Å². The maximum atomic E-state index is 13.9. The van der Waals surface area contributed by atoms with E-state index in [0.29, 0.717) is 18.6 Å². The fraction of sp³-hybridized carbons (Fsp3) is 0.206. The van der Waals surface area contributed by atoms with Gasteiger partial charge in [0.05, 0.1) is 24.3 Å². The van der Waals surface area contributed by atoms with Gasteiger partial charge in [0.1, 0.15) is 0 Å². The first kappa shape index (κ1) is 28.2. The van der Waals surface area contributed by atoms with Gasteiger partial charge in [-0.3, -0.25) is 0 Å². The SMILES string of the molecule is CCOC(=O)C1=C(Nc2ccc(Br)cc2)CC(c2ccc(C)cc2)N(c2ccc(Br)cc2)C1c1ccc(C)cc1. The van der Waals surface area contributed by atoms with Gasteiger partial charge in [-0.25, -0.2) is 4.79 Å². The molecule has 1 N–H and O–H groups in total. The number of hydrogen-bond acceptors (Lipinski definition) is 4.